The zero-order chi connectivity index (χ0) is 26.3. The number of piperidine rings is 2. The predicted octanol–water partition coefficient (Wildman–Crippen LogP) is 5.89. The van der Waals surface area contributed by atoms with E-state index in [0.717, 1.165) is 38.3 Å². The van der Waals surface area contributed by atoms with Crippen LogP contribution in [-0.4, -0.2) is 44.1 Å². The van der Waals surface area contributed by atoms with E-state index < -0.39 is 44.1 Å². The molecule has 196 valence electrons. The number of rotatable bonds is 7. The van der Waals surface area contributed by atoms with Gasteiger partial charge in [-0.15, -0.1) is 0 Å². The maximum atomic E-state index is 13.4. The van der Waals surface area contributed by atoms with Crippen molar-refractivity contribution in [1.29, 1.82) is 0 Å². The maximum absolute atomic E-state index is 13.4. The molecule has 2 heterocycles. The lowest BCUT2D eigenvalue weighted by Crippen LogP contribution is -2.62. The summed E-state index contributed by atoms with van der Waals surface area (Å²) in [5, 5.41) is 2.35. The van der Waals surface area contributed by atoms with E-state index in [4.69, 9.17) is 11.6 Å². The van der Waals surface area contributed by atoms with Crippen molar-refractivity contribution in [1.82, 2.24) is 10.2 Å². The highest BCUT2D eigenvalue weighted by molar-refractivity contribution is 7.91. The van der Waals surface area contributed by atoms with Gasteiger partial charge in [0.15, 0.2) is 9.84 Å². The SMILES string of the molecule is CCCS(=O)(=O)c1ccc([C@@H](NC(=O)c2cccc(C(F)(F)F)c2Cl)C23CCC(CC2)CN3C)cc1. The number of fused-ring (bicyclic) bond motifs is 3. The molecule has 1 amide bonds. The third-order valence-corrected chi connectivity index (χ3v) is 10.0. The summed E-state index contributed by atoms with van der Waals surface area (Å²) >= 11 is 6.05. The maximum Gasteiger partial charge on any atom is 0.417 e. The second-order valence-electron chi connectivity index (χ2n) is 9.89. The van der Waals surface area contributed by atoms with Crippen LogP contribution in [0.1, 0.15) is 66.6 Å². The van der Waals surface area contributed by atoms with Crippen LogP contribution < -0.4 is 5.32 Å². The first-order chi connectivity index (χ1) is 16.9. The molecule has 36 heavy (non-hydrogen) atoms. The molecule has 1 aliphatic carbocycles. The summed E-state index contributed by atoms with van der Waals surface area (Å²) in [7, 11) is -1.41. The zero-order valence-electron chi connectivity index (χ0n) is 20.2. The first kappa shape index (κ1) is 26.9. The van der Waals surface area contributed by atoms with Crippen LogP contribution >= 0.6 is 11.6 Å². The number of sulfone groups is 1. The highest BCUT2D eigenvalue weighted by Crippen LogP contribution is 2.49. The Morgan fingerprint density at radius 3 is 2.36 bits per heavy atom. The van der Waals surface area contributed by atoms with Crippen LogP contribution in [0.2, 0.25) is 5.02 Å². The van der Waals surface area contributed by atoms with E-state index in [9.17, 15) is 26.4 Å². The fourth-order valence-electron chi connectivity index (χ4n) is 5.74. The molecule has 3 fully saturated rings. The fraction of sp³-hybridized carbons (Fsp3) is 0.500. The second-order valence-corrected chi connectivity index (χ2v) is 12.4. The number of amides is 1. The van der Waals surface area contributed by atoms with Gasteiger partial charge in [0.05, 0.1) is 32.8 Å². The smallest absolute Gasteiger partial charge is 0.343 e. The van der Waals surface area contributed by atoms with Gasteiger partial charge in [0, 0.05) is 12.1 Å². The Labute approximate surface area is 214 Å². The van der Waals surface area contributed by atoms with Gasteiger partial charge in [-0.3, -0.25) is 9.69 Å². The molecule has 0 aromatic heterocycles. The quantitative estimate of drug-likeness (QED) is 0.474. The number of alkyl halides is 3. The first-order valence-corrected chi connectivity index (χ1v) is 14.1. The highest BCUT2D eigenvalue weighted by atomic mass is 35.5. The van der Waals surface area contributed by atoms with Gasteiger partial charge in [-0.25, -0.2) is 8.42 Å². The van der Waals surface area contributed by atoms with Crippen LogP contribution in [-0.2, 0) is 16.0 Å². The van der Waals surface area contributed by atoms with Gasteiger partial charge >= 0.3 is 6.18 Å². The van der Waals surface area contributed by atoms with Crippen molar-refractivity contribution in [2.45, 2.75) is 61.7 Å². The molecule has 2 aliphatic heterocycles. The largest absolute Gasteiger partial charge is 0.417 e. The van der Waals surface area contributed by atoms with Crippen molar-refractivity contribution in [3.05, 3.63) is 64.2 Å². The van der Waals surface area contributed by atoms with Crippen molar-refractivity contribution >= 4 is 27.3 Å². The Bertz CT molecular complexity index is 1220. The lowest BCUT2D eigenvalue weighted by molar-refractivity contribution is -0.137. The summed E-state index contributed by atoms with van der Waals surface area (Å²) in [5.74, 6) is -0.0869. The summed E-state index contributed by atoms with van der Waals surface area (Å²) in [5.41, 5.74) is -1.05. The zero-order valence-corrected chi connectivity index (χ0v) is 21.8. The molecule has 5 rings (SSSR count). The molecule has 1 N–H and O–H groups in total. The number of hydrogen-bond acceptors (Lipinski definition) is 4. The van der Waals surface area contributed by atoms with E-state index in [1.54, 1.807) is 31.2 Å². The average Bonchev–Trinajstić information content (AvgIpc) is 2.82. The van der Waals surface area contributed by atoms with E-state index in [0.29, 0.717) is 17.9 Å². The molecule has 2 aromatic carbocycles. The third-order valence-electron chi connectivity index (χ3n) is 7.67. The summed E-state index contributed by atoms with van der Waals surface area (Å²) in [6.45, 7) is 2.66. The van der Waals surface area contributed by atoms with Crippen molar-refractivity contribution in [2.75, 3.05) is 19.3 Å². The van der Waals surface area contributed by atoms with E-state index in [-0.39, 0.29) is 16.2 Å². The van der Waals surface area contributed by atoms with E-state index >= 15 is 0 Å². The van der Waals surface area contributed by atoms with Crippen molar-refractivity contribution in [3.63, 3.8) is 0 Å². The average molecular weight is 543 g/mol. The second kappa shape index (κ2) is 9.99. The number of carbonyl (C=O) groups excluding carboxylic acids is 1. The molecule has 1 atom stereocenters. The summed E-state index contributed by atoms with van der Waals surface area (Å²) in [6, 6.07) is 9.22. The molecule has 3 aliphatic rings. The molecule has 0 unspecified atom stereocenters. The van der Waals surface area contributed by atoms with Crippen molar-refractivity contribution < 1.29 is 26.4 Å². The molecule has 2 bridgehead atoms. The lowest BCUT2D eigenvalue weighted by Gasteiger charge is -2.57. The number of nitrogens with one attached hydrogen (secondary N) is 1. The van der Waals surface area contributed by atoms with E-state index in [1.807, 2.05) is 7.05 Å². The topological polar surface area (TPSA) is 66.5 Å². The summed E-state index contributed by atoms with van der Waals surface area (Å²) < 4.78 is 65.2. The van der Waals surface area contributed by atoms with Gasteiger partial charge in [0.1, 0.15) is 0 Å². The Kier molecular flexibility index (Phi) is 7.48. The summed E-state index contributed by atoms with van der Waals surface area (Å²) in [6.07, 6.45) is -0.590. The lowest BCUT2D eigenvalue weighted by atomic mass is 9.66. The molecular formula is C26H30ClF3N2O3S. The van der Waals surface area contributed by atoms with Gasteiger partial charge in [0.2, 0.25) is 0 Å². The van der Waals surface area contributed by atoms with Gasteiger partial charge in [-0.1, -0.05) is 36.7 Å². The van der Waals surface area contributed by atoms with Gasteiger partial charge in [-0.05, 0) is 74.9 Å². The minimum Gasteiger partial charge on any atom is -0.343 e. The van der Waals surface area contributed by atoms with Crippen LogP contribution in [0.25, 0.3) is 0 Å². The molecule has 1 saturated carbocycles. The fourth-order valence-corrected chi connectivity index (χ4v) is 7.38. The Hall–Kier alpha value is -2.10. The number of nitrogens with zero attached hydrogens (tertiary/aromatic N) is 1. The van der Waals surface area contributed by atoms with Gasteiger partial charge in [0.25, 0.3) is 5.91 Å². The Balaban J connectivity index is 1.73. The van der Waals surface area contributed by atoms with Gasteiger partial charge in [-0.2, -0.15) is 13.2 Å². The molecule has 2 saturated heterocycles. The number of likely N-dealkylation sites (N-methyl/N-ethyl adjacent to an activating group) is 1. The van der Waals surface area contributed by atoms with Gasteiger partial charge < -0.3 is 5.32 Å². The van der Waals surface area contributed by atoms with E-state index in [2.05, 4.69) is 10.2 Å². The van der Waals surface area contributed by atoms with Crippen molar-refractivity contribution in [2.24, 2.45) is 5.92 Å². The molecule has 2 aromatic rings. The molecule has 5 nitrogen and oxygen atoms in total. The first-order valence-electron chi connectivity index (χ1n) is 12.1. The molecular weight excluding hydrogens is 513 g/mol. The Morgan fingerprint density at radius 1 is 1.17 bits per heavy atom. The predicted molar refractivity (Wildman–Crippen MR) is 133 cm³/mol. The molecule has 10 heteroatoms. The van der Waals surface area contributed by atoms with Crippen molar-refractivity contribution in [3.8, 4) is 0 Å². The molecule has 0 radical (unpaired) electrons. The number of hydrogen-bond donors (Lipinski definition) is 1. The standard InChI is InChI=1S/C26H30ClF3N2O3S/c1-3-15-36(34,35)19-9-7-18(8-10-19)23(25-13-11-17(12-14-25)16-32(25)2)31-24(33)20-5-4-6-21(22(20)27)26(28,29)30/h4-10,17,23H,3,11-16H2,1-2H3,(H,31,33)/t17?,23-,25?/m1/s1. The normalized spacial score (nSPS) is 23.4. The van der Waals surface area contributed by atoms with Crippen LogP contribution in [0.15, 0.2) is 47.4 Å². The number of carbonyl (C=O) groups is 1. The highest BCUT2D eigenvalue weighted by Gasteiger charge is 2.50. The Morgan fingerprint density at radius 2 is 1.81 bits per heavy atom. The summed E-state index contributed by atoms with van der Waals surface area (Å²) in [4.78, 5) is 15.8. The van der Waals surface area contributed by atoms with Crippen LogP contribution in [0, 0.1) is 5.92 Å². The number of halogens is 4. The van der Waals surface area contributed by atoms with Crippen LogP contribution in [0.4, 0.5) is 13.2 Å². The third kappa shape index (κ3) is 5.02. The van der Waals surface area contributed by atoms with Crippen LogP contribution in [0.5, 0.6) is 0 Å². The van der Waals surface area contributed by atoms with Crippen LogP contribution in [0.3, 0.4) is 0 Å². The number of benzene rings is 2. The van der Waals surface area contributed by atoms with E-state index in [1.165, 1.54) is 12.1 Å². The molecule has 0 spiro atoms. The minimum atomic E-state index is -4.69. The minimum absolute atomic E-state index is 0.0363. The monoisotopic (exact) mass is 542 g/mol.